The Morgan fingerprint density at radius 1 is 1.23 bits per heavy atom. The summed E-state index contributed by atoms with van der Waals surface area (Å²) in [6.45, 7) is 12.8. The van der Waals surface area contributed by atoms with Gasteiger partial charge in [0.2, 0.25) is 0 Å². The summed E-state index contributed by atoms with van der Waals surface area (Å²) in [4.78, 5) is 52.3. The van der Waals surface area contributed by atoms with Crippen LogP contribution in [0.3, 0.4) is 0 Å². The van der Waals surface area contributed by atoms with Gasteiger partial charge in [0.05, 0.1) is 12.5 Å². The zero-order chi connectivity index (χ0) is 26.3. The van der Waals surface area contributed by atoms with Gasteiger partial charge in [-0.05, 0) is 30.4 Å². The van der Waals surface area contributed by atoms with E-state index in [4.69, 9.17) is 14.2 Å². The number of hydrogen-bond acceptors (Lipinski definition) is 9. The van der Waals surface area contributed by atoms with E-state index < -0.39 is 82.1 Å². The third kappa shape index (κ3) is 3.10. The molecule has 0 spiro atoms. The van der Waals surface area contributed by atoms with Crippen molar-refractivity contribution in [2.75, 3.05) is 6.61 Å². The Morgan fingerprint density at radius 2 is 1.86 bits per heavy atom. The minimum atomic E-state index is -2.03. The van der Waals surface area contributed by atoms with Crippen LogP contribution in [0.2, 0.25) is 0 Å². The maximum Gasteiger partial charge on any atom is 0.330 e. The number of hydrogen-bond donors (Lipinski definition) is 2. The van der Waals surface area contributed by atoms with E-state index in [2.05, 4.69) is 6.58 Å². The van der Waals surface area contributed by atoms with Crippen LogP contribution >= 0.6 is 0 Å². The summed E-state index contributed by atoms with van der Waals surface area (Å²) in [6.07, 6.45) is -2.87. The Balaban J connectivity index is 2.10. The number of Topliss-reactive ketones (excluding diaryl/α,β-unsaturated/α-hetero) is 2. The van der Waals surface area contributed by atoms with E-state index in [9.17, 15) is 29.4 Å². The van der Waals surface area contributed by atoms with E-state index in [-0.39, 0.29) is 17.8 Å². The number of fused-ring (bicyclic) bond motifs is 5. The summed E-state index contributed by atoms with van der Waals surface area (Å²) in [5.41, 5.74) is -5.88. The Labute approximate surface area is 204 Å². The topological polar surface area (TPSA) is 136 Å². The molecule has 2 N–H and O–H groups in total. The lowest BCUT2D eigenvalue weighted by molar-refractivity contribution is -0.339. The van der Waals surface area contributed by atoms with Gasteiger partial charge in [-0.15, -0.1) is 0 Å². The van der Waals surface area contributed by atoms with Gasteiger partial charge in [-0.3, -0.25) is 14.4 Å². The summed E-state index contributed by atoms with van der Waals surface area (Å²) in [7, 11) is 0. The molecule has 192 valence electrons. The van der Waals surface area contributed by atoms with Crippen LogP contribution in [-0.4, -0.2) is 69.8 Å². The molecular weight excluding hydrogens is 456 g/mol. The summed E-state index contributed by atoms with van der Waals surface area (Å²) < 4.78 is 17.5. The normalized spacial score (nSPS) is 44.2. The fourth-order valence-corrected chi connectivity index (χ4v) is 7.19. The average Bonchev–Trinajstić information content (AvgIpc) is 2.76. The van der Waals surface area contributed by atoms with E-state index >= 15 is 0 Å². The zero-order valence-corrected chi connectivity index (χ0v) is 21.0. The number of ketones is 2. The maximum absolute atomic E-state index is 14.2. The van der Waals surface area contributed by atoms with Crippen LogP contribution in [0, 0.1) is 22.7 Å². The summed E-state index contributed by atoms with van der Waals surface area (Å²) in [6, 6.07) is 0. The average molecular weight is 491 g/mol. The van der Waals surface area contributed by atoms with Crippen LogP contribution < -0.4 is 0 Å². The molecule has 1 heterocycles. The van der Waals surface area contributed by atoms with Crippen molar-refractivity contribution in [1.82, 2.24) is 0 Å². The maximum atomic E-state index is 14.2. The van der Waals surface area contributed by atoms with Crippen LogP contribution in [0.25, 0.3) is 0 Å². The molecule has 0 aromatic rings. The number of esters is 2. The van der Waals surface area contributed by atoms with Gasteiger partial charge in [0.15, 0.2) is 17.2 Å². The van der Waals surface area contributed by atoms with Crippen molar-refractivity contribution >= 4 is 23.5 Å². The zero-order valence-electron chi connectivity index (χ0n) is 21.0. The third-order valence-electron chi connectivity index (χ3n) is 9.40. The highest BCUT2D eigenvalue weighted by Gasteiger charge is 2.77. The van der Waals surface area contributed by atoms with Gasteiger partial charge in [-0.1, -0.05) is 34.3 Å². The van der Waals surface area contributed by atoms with Crippen LogP contribution in [-0.2, 0) is 33.4 Å². The van der Waals surface area contributed by atoms with Gasteiger partial charge >= 0.3 is 11.9 Å². The highest BCUT2D eigenvalue weighted by Crippen LogP contribution is 2.64. The van der Waals surface area contributed by atoms with Crippen molar-refractivity contribution in [3.63, 3.8) is 0 Å². The molecule has 35 heavy (non-hydrogen) atoms. The molecule has 1 saturated heterocycles. The lowest BCUT2D eigenvalue weighted by atomic mass is 9.43. The molecular formula is C26H34O9. The molecule has 4 rings (SSSR count). The Hall–Kier alpha value is -2.36. The van der Waals surface area contributed by atoms with Gasteiger partial charge in [-0.25, -0.2) is 4.79 Å². The molecule has 3 aliphatic carbocycles. The van der Waals surface area contributed by atoms with E-state index in [0.717, 1.165) is 6.08 Å². The number of aliphatic hydroxyl groups is 2. The van der Waals surface area contributed by atoms with Gasteiger partial charge < -0.3 is 24.4 Å². The first kappa shape index (κ1) is 25.7. The molecule has 4 aliphatic rings. The monoisotopic (exact) mass is 490 g/mol. The predicted molar refractivity (Wildman–Crippen MR) is 122 cm³/mol. The van der Waals surface area contributed by atoms with Crippen LogP contribution in [0.4, 0.5) is 0 Å². The van der Waals surface area contributed by atoms with E-state index in [1.807, 2.05) is 6.92 Å². The molecule has 3 fully saturated rings. The molecule has 8 atom stereocenters. The highest BCUT2D eigenvalue weighted by molar-refractivity contribution is 6.02. The number of carbonyl (C=O) groups is 4. The molecule has 0 aromatic carbocycles. The number of carbonyl (C=O) groups excluding carboxylic acids is 4. The van der Waals surface area contributed by atoms with Crippen molar-refractivity contribution in [2.45, 2.75) is 83.9 Å². The first-order valence-corrected chi connectivity index (χ1v) is 11.9. The quantitative estimate of drug-likeness (QED) is 0.445. The first-order valence-electron chi connectivity index (χ1n) is 11.9. The molecule has 6 unspecified atom stereocenters. The summed E-state index contributed by atoms with van der Waals surface area (Å²) in [5.74, 6) is -4.04. The number of rotatable bonds is 3. The third-order valence-corrected chi connectivity index (χ3v) is 9.40. The van der Waals surface area contributed by atoms with Crippen LogP contribution in [0.15, 0.2) is 23.8 Å². The lowest BCUT2D eigenvalue weighted by Gasteiger charge is -2.67. The molecule has 9 heteroatoms. The molecule has 0 amide bonds. The largest absolute Gasteiger partial charge is 0.456 e. The van der Waals surface area contributed by atoms with Gasteiger partial charge in [0.1, 0.15) is 23.9 Å². The van der Waals surface area contributed by atoms with Crippen molar-refractivity contribution in [3.05, 3.63) is 23.8 Å². The van der Waals surface area contributed by atoms with E-state index in [1.54, 1.807) is 20.8 Å². The van der Waals surface area contributed by atoms with Crippen molar-refractivity contribution in [3.8, 4) is 0 Å². The first-order chi connectivity index (χ1) is 16.1. The molecule has 0 aromatic heterocycles. The fourth-order valence-electron chi connectivity index (χ4n) is 7.19. The van der Waals surface area contributed by atoms with Crippen molar-refractivity contribution < 1.29 is 43.6 Å². The molecule has 9 nitrogen and oxygen atoms in total. The number of aliphatic hydroxyl groups excluding tert-OH is 1. The van der Waals surface area contributed by atoms with Crippen molar-refractivity contribution in [2.24, 2.45) is 22.7 Å². The molecule has 1 aliphatic heterocycles. The van der Waals surface area contributed by atoms with Gasteiger partial charge in [0, 0.05) is 30.3 Å². The Morgan fingerprint density at radius 3 is 2.37 bits per heavy atom. The van der Waals surface area contributed by atoms with Gasteiger partial charge in [0.25, 0.3) is 0 Å². The fraction of sp³-hybridized carbons (Fsp3) is 0.692. The number of ether oxygens (including phenoxy) is 3. The summed E-state index contributed by atoms with van der Waals surface area (Å²) >= 11 is 0. The van der Waals surface area contributed by atoms with Gasteiger partial charge in [-0.2, -0.15) is 0 Å². The molecule has 2 bridgehead atoms. The molecule has 2 saturated carbocycles. The minimum absolute atomic E-state index is 0.0814. The van der Waals surface area contributed by atoms with Crippen molar-refractivity contribution in [1.29, 1.82) is 0 Å². The second kappa shape index (κ2) is 7.82. The SMILES string of the molecule is C=CC(=O)OC1C2C3(OC(C)=O)COC3C[C@H](C)[C@@]2(C)C(=O)C(O)C2=C(C)C(=O)CC1(O)C2(C)C. The second-order valence-electron chi connectivity index (χ2n) is 11.3. The molecule has 0 radical (unpaired) electrons. The van der Waals surface area contributed by atoms with Crippen LogP contribution in [0.5, 0.6) is 0 Å². The second-order valence-corrected chi connectivity index (χ2v) is 11.3. The Bertz CT molecular complexity index is 1060. The smallest absolute Gasteiger partial charge is 0.330 e. The lowest BCUT2D eigenvalue weighted by Crippen LogP contribution is -2.80. The number of allylic oxidation sites excluding steroid dienone is 1. The highest BCUT2D eigenvalue weighted by atomic mass is 16.6. The minimum Gasteiger partial charge on any atom is -0.456 e. The van der Waals surface area contributed by atoms with E-state index in [0.29, 0.717) is 6.42 Å². The summed E-state index contributed by atoms with van der Waals surface area (Å²) in [5, 5.41) is 23.8. The van der Waals surface area contributed by atoms with Crippen LogP contribution in [0.1, 0.15) is 54.4 Å². The predicted octanol–water partition coefficient (Wildman–Crippen LogP) is 1.44. The Kier molecular flexibility index (Phi) is 5.75. The standard InChI is InChI=1S/C26H34O9/c1-8-17(29)34-22-20-24(7,12(2)9-16-25(20,11-33-16)35-14(4)27)21(31)19(30)18-13(3)15(28)10-26(22,32)23(18,5)6/h8,12,16,19-20,22,30,32H,1,9-11H2,2-7H3/t12-,16?,19?,20?,22?,24+,25?,26?/m0/s1. The van der Waals surface area contributed by atoms with E-state index in [1.165, 1.54) is 13.8 Å².